The molecule has 3 rings (SSSR count). The minimum absolute atomic E-state index is 0.198. The van der Waals surface area contributed by atoms with Gasteiger partial charge < -0.3 is 9.63 Å². The Hall–Kier alpha value is -1.41. The summed E-state index contributed by atoms with van der Waals surface area (Å²) in [5, 5.41) is 13.7. The van der Waals surface area contributed by atoms with Gasteiger partial charge in [-0.1, -0.05) is 33.2 Å². The molecule has 0 bridgehead atoms. The molecule has 1 aromatic heterocycles. The van der Waals surface area contributed by atoms with Crippen LogP contribution >= 0.6 is 38.5 Å². The van der Waals surface area contributed by atoms with Gasteiger partial charge in [-0.3, -0.25) is 0 Å². The Bertz CT molecular complexity index is 773. The van der Waals surface area contributed by atoms with E-state index in [-0.39, 0.29) is 5.75 Å². The lowest BCUT2D eigenvalue weighted by atomic mass is 10.2. The fourth-order valence-electron chi connectivity index (χ4n) is 1.74. The molecule has 0 amide bonds. The predicted molar refractivity (Wildman–Crippen MR) is 87.3 cm³/mol. The molecule has 1 N–H and O–H groups in total. The van der Waals surface area contributed by atoms with E-state index in [4.69, 9.17) is 4.52 Å². The van der Waals surface area contributed by atoms with E-state index in [0.29, 0.717) is 17.3 Å². The number of benzene rings is 2. The second-order valence-electron chi connectivity index (χ2n) is 4.07. The molecule has 0 spiro atoms. The van der Waals surface area contributed by atoms with E-state index in [0.717, 1.165) is 13.6 Å². The molecule has 100 valence electrons. The van der Waals surface area contributed by atoms with Gasteiger partial charge in [0, 0.05) is 15.6 Å². The van der Waals surface area contributed by atoms with Gasteiger partial charge >= 0.3 is 0 Å². The maximum atomic E-state index is 9.72. The van der Waals surface area contributed by atoms with Crippen molar-refractivity contribution >= 4 is 38.5 Å². The predicted octanol–water partition coefficient (Wildman–Crippen LogP) is 4.48. The van der Waals surface area contributed by atoms with Crippen molar-refractivity contribution in [1.29, 1.82) is 0 Å². The van der Waals surface area contributed by atoms with Crippen LogP contribution in [0.3, 0.4) is 0 Å². The van der Waals surface area contributed by atoms with Crippen molar-refractivity contribution in [2.24, 2.45) is 0 Å². The molecule has 0 unspecified atom stereocenters. The summed E-state index contributed by atoms with van der Waals surface area (Å²) in [6, 6.07) is 12.9. The Labute approximate surface area is 137 Å². The van der Waals surface area contributed by atoms with Crippen LogP contribution < -0.4 is 0 Å². The van der Waals surface area contributed by atoms with Crippen LogP contribution in [-0.2, 0) is 0 Å². The van der Waals surface area contributed by atoms with Gasteiger partial charge in [0.2, 0.25) is 5.82 Å². The summed E-state index contributed by atoms with van der Waals surface area (Å²) < 4.78 is 6.94. The number of phenols is 1. The fourth-order valence-corrected chi connectivity index (χ4v) is 2.54. The van der Waals surface area contributed by atoms with Crippen LogP contribution in [0.4, 0.5) is 0 Å². The van der Waals surface area contributed by atoms with E-state index in [1.165, 1.54) is 0 Å². The summed E-state index contributed by atoms with van der Waals surface area (Å²) in [7, 11) is 0. The fraction of sp³-hybridized carbons (Fsp3) is 0. The Balaban J connectivity index is 2.02. The normalized spacial score (nSPS) is 10.7. The van der Waals surface area contributed by atoms with Crippen molar-refractivity contribution < 1.29 is 9.63 Å². The van der Waals surface area contributed by atoms with Crippen LogP contribution in [0.5, 0.6) is 5.75 Å². The number of aromatic hydroxyl groups is 1. The summed E-state index contributed by atoms with van der Waals surface area (Å²) in [5.41, 5.74) is 1.55. The zero-order valence-corrected chi connectivity index (χ0v) is 13.8. The Kier molecular flexibility index (Phi) is 3.75. The van der Waals surface area contributed by atoms with Gasteiger partial charge in [0.05, 0.1) is 3.57 Å². The molecule has 0 saturated heterocycles. The maximum Gasteiger partial charge on any atom is 0.258 e. The van der Waals surface area contributed by atoms with Crippen LogP contribution in [0, 0.1) is 3.57 Å². The molecule has 1 heterocycles. The summed E-state index contributed by atoms with van der Waals surface area (Å²) in [5.74, 6) is 1.08. The number of phenolic OH excluding ortho intramolecular Hbond substituents is 1. The van der Waals surface area contributed by atoms with Crippen LogP contribution in [0.25, 0.3) is 22.8 Å². The summed E-state index contributed by atoms with van der Waals surface area (Å²) in [6.45, 7) is 0. The number of hydrogen-bond donors (Lipinski definition) is 1. The third kappa shape index (κ3) is 2.57. The molecule has 20 heavy (non-hydrogen) atoms. The van der Waals surface area contributed by atoms with Crippen LogP contribution in [0.2, 0.25) is 0 Å². The number of halogens is 2. The summed E-state index contributed by atoms with van der Waals surface area (Å²) in [4.78, 5) is 4.36. The zero-order valence-electron chi connectivity index (χ0n) is 10.0. The van der Waals surface area contributed by atoms with Crippen molar-refractivity contribution in [2.75, 3.05) is 0 Å². The quantitative estimate of drug-likeness (QED) is 0.594. The highest BCUT2D eigenvalue weighted by Gasteiger charge is 2.13. The van der Waals surface area contributed by atoms with Gasteiger partial charge in [-0.2, -0.15) is 4.98 Å². The van der Waals surface area contributed by atoms with Gasteiger partial charge in [0.25, 0.3) is 5.89 Å². The Morgan fingerprint density at radius 1 is 1.15 bits per heavy atom. The summed E-state index contributed by atoms with van der Waals surface area (Å²) >= 11 is 5.51. The number of aromatic nitrogens is 2. The molecule has 0 fully saturated rings. The lowest BCUT2D eigenvalue weighted by Gasteiger charge is -1.98. The Morgan fingerprint density at radius 2 is 1.95 bits per heavy atom. The van der Waals surface area contributed by atoms with Crippen LogP contribution in [0.15, 0.2) is 51.5 Å². The zero-order chi connectivity index (χ0) is 14.1. The number of rotatable bonds is 2. The van der Waals surface area contributed by atoms with Crippen molar-refractivity contribution in [2.45, 2.75) is 0 Å². The average molecular weight is 443 g/mol. The lowest BCUT2D eigenvalue weighted by molar-refractivity contribution is 0.431. The lowest BCUT2D eigenvalue weighted by Crippen LogP contribution is -1.83. The van der Waals surface area contributed by atoms with Gasteiger partial charge in [-0.05, 0) is 52.9 Å². The second-order valence-corrected chi connectivity index (χ2v) is 6.09. The third-order valence-electron chi connectivity index (χ3n) is 2.73. The van der Waals surface area contributed by atoms with E-state index in [1.54, 1.807) is 12.1 Å². The van der Waals surface area contributed by atoms with Gasteiger partial charge in [0.15, 0.2) is 0 Å². The molecule has 0 aliphatic carbocycles. The van der Waals surface area contributed by atoms with E-state index in [1.807, 2.05) is 30.3 Å². The van der Waals surface area contributed by atoms with Crippen molar-refractivity contribution in [3.63, 3.8) is 0 Å². The first-order valence-electron chi connectivity index (χ1n) is 5.72. The van der Waals surface area contributed by atoms with E-state index < -0.39 is 0 Å². The van der Waals surface area contributed by atoms with Crippen molar-refractivity contribution in [3.8, 4) is 28.6 Å². The SMILES string of the molecule is Oc1cc(-c2nc(-c3ccccc3Br)no2)ccc1I. The molecule has 0 radical (unpaired) electrons. The minimum Gasteiger partial charge on any atom is -0.507 e. The molecule has 6 heteroatoms. The topological polar surface area (TPSA) is 59.2 Å². The molecule has 0 saturated carbocycles. The molecular weight excluding hydrogens is 435 g/mol. The first kappa shape index (κ1) is 13.6. The van der Waals surface area contributed by atoms with E-state index in [9.17, 15) is 5.11 Å². The number of hydrogen-bond acceptors (Lipinski definition) is 4. The number of nitrogens with zero attached hydrogens (tertiary/aromatic N) is 2. The van der Waals surface area contributed by atoms with Crippen LogP contribution in [0.1, 0.15) is 0 Å². The first-order valence-corrected chi connectivity index (χ1v) is 7.60. The summed E-state index contributed by atoms with van der Waals surface area (Å²) in [6.07, 6.45) is 0. The minimum atomic E-state index is 0.198. The van der Waals surface area contributed by atoms with Crippen LogP contribution in [-0.4, -0.2) is 15.2 Å². The van der Waals surface area contributed by atoms with Gasteiger partial charge in [-0.25, -0.2) is 0 Å². The second kappa shape index (κ2) is 5.53. The largest absolute Gasteiger partial charge is 0.507 e. The van der Waals surface area contributed by atoms with E-state index in [2.05, 4.69) is 48.7 Å². The van der Waals surface area contributed by atoms with Crippen molar-refractivity contribution in [3.05, 3.63) is 50.5 Å². The monoisotopic (exact) mass is 442 g/mol. The highest BCUT2D eigenvalue weighted by atomic mass is 127. The van der Waals surface area contributed by atoms with E-state index >= 15 is 0 Å². The van der Waals surface area contributed by atoms with Gasteiger partial charge in [-0.15, -0.1) is 0 Å². The smallest absolute Gasteiger partial charge is 0.258 e. The maximum absolute atomic E-state index is 9.72. The van der Waals surface area contributed by atoms with Crippen molar-refractivity contribution in [1.82, 2.24) is 10.1 Å². The van der Waals surface area contributed by atoms with Gasteiger partial charge in [0.1, 0.15) is 5.75 Å². The first-order chi connectivity index (χ1) is 9.65. The molecule has 0 aliphatic heterocycles. The highest BCUT2D eigenvalue weighted by molar-refractivity contribution is 14.1. The molecule has 2 aromatic carbocycles. The molecule has 4 nitrogen and oxygen atoms in total. The average Bonchev–Trinajstić information content (AvgIpc) is 2.92. The molecular formula is C14H8BrIN2O2. The highest BCUT2D eigenvalue weighted by Crippen LogP contribution is 2.30. The standard InChI is InChI=1S/C14H8BrIN2O2/c15-10-4-2-1-3-9(10)13-17-14(20-18-13)8-5-6-11(16)12(19)7-8/h1-7,19H. The molecule has 0 aliphatic rings. The third-order valence-corrected chi connectivity index (χ3v) is 4.34. The molecule has 3 aromatic rings. The Morgan fingerprint density at radius 3 is 2.70 bits per heavy atom. The molecule has 0 atom stereocenters.